The highest BCUT2D eigenvalue weighted by Gasteiger charge is 2.23. The van der Waals surface area contributed by atoms with Crippen LogP contribution in [0.25, 0.3) is 0 Å². The van der Waals surface area contributed by atoms with Crippen molar-refractivity contribution in [3.8, 4) is 0 Å². The first-order chi connectivity index (χ1) is 8.76. The van der Waals surface area contributed by atoms with E-state index < -0.39 is 22.5 Å². The number of nitrogens with zero attached hydrogens (tertiary/aromatic N) is 1. The van der Waals surface area contributed by atoms with Crippen LogP contribution >= 0.6 is 0 Å². The molecular weight excluding hydrogens is 258 g/mol. The van der Waals surface area contributed by atoms with E-state index in [-0.39, 0.29) is 18.0 Å². The fourth-order valence-corrected chi connectivity index (χ4v) is 1.66. The maximum Gasteiger partial charge on any atom is 0.270 e. The van der Waals surface area contributed by atoms with Gasteiger partial charge in [0.2, 0.25) is 0 Å². The molecule has 0 atom stereocenters. The van der Waals surface area contributed by atoms with Crippen LogP contribution in [0.2, 0.25) is 0 Å². The molecule has 1 aromatic carbocycles. The zero-order chi connectivity index (χ0) is 14.6. The molecule has 5 nitrogen and oxygen atoms in total. The average Bonchev–Trinajstić information content (AvgIpc) is 2.27. The summed E-state index contributed by atoms with van der Waals surface area (Å²) in [6.07, 6.45) is -2.44. The summed E-state index contributed by atoms with van der Waals surface area (Å²) in [5, 5.41) is 22.4. The van der Waals surface area contributed by atoms with Crippen LogP contribution in [0.4, 0.5) is 20.2 Å². The number of anilines is 1. The molecule has 0 saturated carbocycles. The molecule has 0 spiro atoms. The quantitative estimate of drug-likeness (QED) is 0.617. The Bertz CT molecular complexity index is 464. The fraction of sp³-hybridized carbons (Fsp3) is 0.500. The van der Waals surface area contributed by atoms with Gasteiger partial charge < -0.3 is 10.4 Å². The Morgan fingerprint density at radius 2 is 2.11 bits per heavy atom. The standard InChI is InChI=1S/C12H16F2N2O3/c1-12(2,5-6-17)15-10-4-3-8(16(18)19)7-9(10)11(13)14/h3-4,7,11,15,17H,5-6H2,1-2H3. The number of nitrogens with one attached hydrogen (secondary N) is 1. The minimum absolute atomic E-state index is 0.0863. The number of hydrogen-bond acceptors (Lipinski definition) is 4. The first-order valence-corrected chi connectivity index (χ1v) is 5.72. The van der Waals surface area contributed by atoms with Crippen LogP contribution in [-0.2, 0) is 0 Å². The Morgan fingerprint density at radius 3 is 2.58 bits per heavy atom. The van der Waals surface area contributed by atoms with E-state index in [1.54, 1.807) is 13.8 Å². The molecule has 19 heavy (non-hydrogen) atoms. The van der Waals surface area contributed by atoms with Crippen molar-refractivity contribution in [3.05, 3.63) is 33.9 Å². The van der Waals surface area contributed by atoms with E-state index in [0.29, 0.717) is 6.42 Å². The summed E-state index contributed by atoms with van der Waals surface area (Å²) in [5.74, 6) is 0. The normalized spacial score (nSPS) is 11.7. The molecule has 0 aliphatic carbocycles. The highest BCUT2D eigenvalue weighted by atomic mass is 19.3. The predicted molar refractivity (Wildman–Crippen MR) is 67.5 cm³/mol. The molecule has 1 rings (SSSR count). The molecule has 106 valence electrons. The van der Waals surface area contributed by atoms with Gasteiger partial charge in [-0.2, -0.15) is 0 Å². The molecule has 0 saturated heterocycles. The highest BCUT2D eigenvalue weighted by molar-refractivity contribution is 5.57. The molecule has 0 bridgehead atoms. The number of non-ortho nitro benzene ring substituents is 1. The third kappa shape index (κ3) is 4.13. The SMILES string of the molecule is CC(C)(CCO)Nc1ccc([N+](=O)[O-])cc1C(F)F. The van der Waals surface area contributed by atoms with Gasteiger partial charge in [-0.15, -0.1) is 0 Å². The lowest BCUT2D eigenvalue weighted by Gasteiger charge is -2.28. The lowest BCUT2D eigenvalue weighted by Crippen LogP contribution is -2.32. The molecule has 0 aliphatic rings. The number of alkyl halides is 2. The lowest BCUT2D eigenvalue weighted by atomic mass is 9.99. The Labute approximate surface area is 109 Å². The number of aliphatic hydroxyl groups is 1. The lowest BCUT2D eigenvalue weighted by molar-refractivity contribution is -0.385. The Kier molecular flexibility index (Phi) is 4.77. The summed E-state index contributed by atoms with van der Waals surface area (Å²) < 4.78 is 25.8. The van der Waals surface area contributed by atoms with E-state index in [1.165, 1.54) is 12.1 Å². The van der Waals surface area contributed by atoms with Gasteiger partial charge in [0.1, 0.15) is 0 Å². The van der Waals surface area contributed by atoms with Gasteiger partial charge in [0.25, 0.3) is 12.1 Å². The molecule has 0 radical (unpaired) electrons. The molecule has 7 heteroatoms. The topological polar surface area (TPSA) is 75.4 Å². The molecule has 0 amide bonds. The highest BCUT2D eigenvalue weighted by Crippen LogP contribution is 2.32. The van der Waals surface area contributed by atoms with E-state index in [0.717, 1.165) is 6.07 Å². The molecule has 0 aromatic heterocycles. The number of nitro benzene ring substituents is 1. The van der Waals surface area contributed by atoms with Crippen LogP contribution in [-0.4, -0.2) is 22.2 Å². The minimum Gasteiger partial charge on any atom is -0.396 e. The predicted octanol–water partition coefficient (Wildman–Crippen LogP) is 3.11. The summed E-state index contributed by atoms with van der Waals surface area (Å²) in [6.45, 7) is 3.41. The monoisotopic (exact) mass is 274 g/mol. The van der Waals surface area contributed by atoms with E-state index in [4.69, 9.17) is 5.11 Å². The number of rotatable bonds is 6. The van der Waals surface area contributed by atoms with Crippen LogP contribution < -0.4 is 5.32 Å². The van der Waals surface area contributed by atoms with Crippen molar-refractivity contribution in [1.29, 1.82) is 0 Å². The van der Waals surface area contributed by atoms with E-state index in [1.807, 2.05) is 0 Å². The first-order valence-electron chi connectivity index (χ1n) is 5.72. The van der Waals surface area contributed by atoms with Crippen LogP contribution in [0.1, 0.15) is 32.3 Å². The van der Waals surface area contributed by atoms with Crippen LogP contribution in [0, 0.1) is 10.1 Å². The zero-order valence-corrected chi connectivity index (χ0v) is 10.7. The number of aliphatic hydroxyl groups excluding tert-OH is 1. The Morgan fingerprint density at radius 1 is 1.47 bits per heavy atom. The summed E-state index contributed by atoms with van der Waals surface area (Å²) in [6, 6.07) is 3.30. The van der Waals surface area contributed by atoms with Crippen LogP contribution in [0.15, 0.2) is 18.2 Å². The Hall–Kier alpha value is -1.76. The van der Waals surface area contributed by atoms with Crippen molar-refractivity contribution in [2.75, 3.05) is 11.9 Å². The van der Waals surface area contributed by atoms with E-state index in [9.17, 15) is 18.9 Å². The van der Waals surface area contributed by atoms with Gasteiger partial charge in [-0.25, -0.2) is 8.78 Å². The van der Waals surface area contributed by atoms with Gasteiger partial charge in [-0.1, -0.05) is 0 Å². The Balaban J connectivity index is 3.10. The van der Waals surface area contributed by atoms with E-state index >= 15 is 0 Å². The molecule has 2 N–H and O–H groups in total. The van der Waals surface area contributed by atoms with Crippen molar-refractivity contribution in [2.45, 2.75) is 32.2 Å². The van der Waals surface area contributed by atoms with Crippen LogP contribution in [0.3, 0.4) is 0 Å². The molecular formula is C12H16F2N2O3. The average molecular weight is 274 g/mol. The second-order valence-corrected chi connectivity index (χ2v) is 4.81. The largest absolute Gasteiger partial charge is 0.396 e. The number of benzene rings is 1. The zero-order valence-electron chi connectivity index (χ0n) is 10.7. The van der Waals surface area contributed by atoms with Crippen molar-refractivity contribution in [2.24, 2.45) is 0 Å². The summed E-state index contributed by atoms with van der Waals surface area (Å²) in [5.41, 5.74) is -1.24. The number of halogens is 2. The first kappa shape index (κ1) is 15.3. The molecule has 0 heterocycles. The van der Waals surface area contributed by atoms with Gasteiger partial charge in [0, 0.05) is 35.5 Å². The summed E-state index contributed by atoms with van der Waals surface area (Å²) in [7, 11) is 0. The minimum atomic E-state index is -2.81. The third-order valence-electron chi connectivity index (χ3n) is 2.69. The number of nitro groups is 1. The second-order valence-electron chi connectivity index (χ2n) is 4.81. The van der Waals surface area contributed by atoms with Crippen molar-refractivity contribution in [3.63, 3.8) is 0 Å². The molecule has 0 fully saturated rings. The molecule has 0 unspecified atom stereocenters. The second kappa shape index (κ2) is 5.92. The molecule has 1 aromatic rings. The van der Waals surface area contributed by atoms with Crippen molar-refractivity contribution in [1.82, 2.24) is 0 Å². The van der Waals surface area contributed by atoms with E-state index in [2.05, 4.69) is 5.32 Å². The molecule has 0 aliphatic heterocycles. The summed E-state index contributed by atoms with van der Waals surface area (Å²) in [4.78, 5) is 9.87. The fourth-order valence-electron chi connectivity index (χ4n) is 1.66. The smallest absolute Gasteiger partial charge is 0.270 e. The van der Waals surface area contributed by atoms with Gasteiger partial charge in [0.05, 0.1) is 4.92 Å². The summed E-state index contributed by atoms with van der Waals surface area (Å²) >= 11 is 0. The van der Waals surface area contributed by atoms with Gasteiger partial charge in [0.15, 0.2) is 0 Å². The van der Waals surface area contributed by atoms with Gasteiger partial charge in [-0.3, -0.25) is 10.1 Å². The van der Waals surface area contributed by atoms with Crippen LogP contribution in [0.5, 0.6) is 0 Å². The number of hydrogen-bond donors (Lipinski definition) is 2. The van der Waals surface area contributed by atoms with Gasteiger partial charge >= 0.3 is 0 Å². The van der Waals surface area contributed by atoms with Crippen molar-refractivity contribution < 1.29 is 18.8 Å². The van der Waals surface area contributed by atoms with Crippen molar-refractivity contribution >= 4 is 11.4 Å². The maximum absolute atomic E-state index is 12.9. The van der Waals surface area contributed by atoms with Gasteiger partial charge in [-0.05, 0) is 26.3 Å². The maximum atomic E-state index is 12.9. The third-order valence-corrected chi connectivity index (χ3v) is 2.69.